The van der Waals surface area contributed by atoms with Crippen LogP contribution in [0.1, 0.15) is 27.6 Å². The molecule has 0 radical (unpaired) electrons. The summed E-state index contributed by atoms with van der Waals surface area (Å²) in [6.45, 7) is 0.785. The second-order valence-corrected chi connectivity index (χ2v) is 5.30. The number of ether oxygens (including phenoxy) is 1. The summed E-state index contributed by atoms with van der Waals surface area (Å²) in [5.41, 5.74) is 0.450. The molecule has 1 amide bonds. The zero-order chi connectivity index (χ0) is 17.7. The van der Waals surface area contributed by atoms with Gasteiger partial charge in [0.1, 0.15) is 5.75 Å². The molecule has 24 heavy (non-hydrogen) atoms. The maximum atomic E-state index is 12.1. The van der Waals surface area contributed by atoms with Crippen molar-refractivity contribution in [3.05, 3.63) is 58.6 Å². The number of halogens is 1. The van der Waals surface area contributed by atoms with Gasteiger partial charge in [-0.3, -0.25) is 9.59 Å². The number of carbonyl (C=O) groups is 3. The van der Waals surface area contributed by atoms with Gasteiger partial charge >= 0.3 is 5.97 Å². The van der Waals surface area contributed by atoms with Crippen molar-refractivity contribution >= 4 is 34.9 Å². The molecule has 0 aliphatic heterocycles. The molecule has 2 N–H and O–H groups in total. The maximum Gasteiger partial charge on any atom is 0.340 e. The van der Waals surface area contributed by atoms with Crippen molar-refractivity contribution in [2.24, 2.45) is 0 Å². The van der Waals surface area contributed by atoms with E-state index in [9.17, 15) is 19.5 Å². The predicted molar refractivity (Wildman–Crippen MR) is 88.5 cm³/mol. The third-order valence-corrected chi connectivity index (χ3v) is 3.39. The monoisotopic (exact) mass is 347 g/mol. The summed E-state index contributed by atoms with van der Waals surface area (Å²) >= 11 is 5.88. The average Bonchev–Trinajstić information content (AvgIpc) is 2.54. The molecule has 0 bridgehead atoms. The van der Waals surface area contributed by atoms with Crippen LogP contribution in [-0.4, -0.2) is 29.4 Å². The number of benzene rings is 2. The minimum Gasteiger partial charge on any atom is -0.506 e. The smallest absolute Gasteiger partial charge is 0.340 e. The second-order valence-electron chi connectivity index (χ2n) is 4.89. The van der Waals surface area contributed by atoms with Gasteiger partial charge < -0.3 is 15.2 Å². The zero-order valence-corrected chi connectivity index (χ0v) is 13.5. The fourth-order valence-corrected chi connectivity index (χ4v) is 2.13. The van der Waals surface area contributed by atoms with E-state index in [1.165, 1.54) is 31.2 Å². The standard InChI is InChI=1S/C17H14ClNO5/c1-10(20)19-14-8-11(6-7-15(14)21)16(22)9-24-17(23)12-4-2-3-5-13(12)18/h2-8,21H,9H2,1H3,(H,19,20). The molecular formula is C17H14ClNO5. The molecule has 0 spiro atoms. The topological polar surface area (TPSA) is 92.7 Å². The first kappa shape index (κ1) is 17.5. The predicted octanol–water partition coefficient (Wildman–Crippen LogP) is 3.04. The summed E-state index contributed by atoms with van der Waals surface area (Å²) in [6.07, 6.45) is 0. The number of hydrogen-bond acceptors (Lipinski definition) is 5. The average molecular weight is 348 g/mol. The van der Waals surface area contributed by atoms with E-state index in [2.05, 4.69) is 5.32 Å². The van der Waals surface area contributed by atoms with Crippen molar-refractivity contribution in [1.29, 1.82) is 0 Å². The normalized spacial score (nSPS) is 10.1. The van der Waals surface area contributed by atoms with E-state index in [-0.39, 0.29) is 33.5 Å². The van der Waals surface area contributed by atoms with E-state index >= 15 is 0 Å². The summed E-state index contributed by atoms with van der Waals surface area (Å²) in [6, 6.07) is 10.3. The maximum absolute atomic E-state index is 12.1. The van der Waals surface area contributed by atoms with Gasteiger partial charge in [-0.1, -0.05) is 23.7 Å². The highest BCUT2D eigenvalue weighted by molar-refractivity contribution is 6.33. The van der Waals surface area contributed by atoms with E-state index in [0.717, 1.165) is 0 Å². The molecule has 0 atom stereocenters. The molecule has 0 aromatic heterocycles. The number of Topliss-reactive ketones (excluding diaryl/α,β-unsaturated/α-hetero) is 1. The van der Waals surface area contributed by atoms with Crippen molar-refractivity contribution in [1.82, 2.24) is 0 Å². The molecule has 2 rings (SSSR count). The highest BCUT2D eigenvalue weighted by Gasteiger charge is 2.15. The van der Waals surface area contributed by atoms with Crippen LogP contribution in [0.3, 0.4) is 0 Å². The molecule has 7 heteroatoms. The highest BCUT2D eigenvalue weighted by atomic mass is 35.5. The summed E-state index contributed by atoms with van der Waals surface area (Å²) in [7, 11) is 0. The summed E-state index contributed by atoms with van der Waals surface area (Å²) < 4.78 is 4.95. The van der Waals surface area contributed by atoms with Gasteiger partial charge in [-0.15, -0.1) is 0 Å². The van der Waals surface area contributed by atoms with Crippen LogP contribution in [0.5, 0.6) is 5.75 Å². The summed E-state index contributed by atoms with van der Waals surface area (Å²) in [5, 5.41) is 12.3. The minimum absolute atomic E-state index is 0.103. The Balaban J connectivity index is 2.06. The van der Waals surface area contributed by atoms with E-state index < -0.39 is 18.4 Å². The van der Waals surface area contributed by atoms with Gasteiger partial charge in [0, 0.05) is 12.5 Å². The third kappa shape index (κ3) is 4.33. The molecule has 2 aromatic carbocycles. The molecule has 0 saturated carbocycles. The Bertz CT molecular complexity index is 803. The Labute approximate surface area is 143 Å². The van der Waals surface area contributed by atoms with Crippen LogP contribution >= 0.6 is 11.6 Å². The van der Waals surface area contributed by atoms with Crippen molar-refractivity contribution in [2.75, 3.05) is 11.9 Å². The first-order valence-corrected chi connectivity index (χ1v) is 7.31. The third-order valence-electron chi connectivity index (χ3n) is 3.06. The first-order chi connectivity index (χ1) is 11.4. The fourth-order valence-electron chi connectivity index (χ4n) is 1.92. The Morgan fingerprint density at radius 3 is 2.54 bits per heavy atom. The number of aromatic hydroxyl groups is 1. The van der Waals surface area contributed by atoms with Crippen molar-refractivity contribution in [2.45, 2.75) is 6.92 Å². The number of ketones is 1. The molecule has 0 heterocycles. The van der Waals surface area contributed by atoms with Crippen LogP contribution in [0.15, 0.2) is 42.5 Å². The van der Waals surface area contributed by atoms with Crippen molar-refractivity contribution in [3.8, 4) is 5.75 Å². The second kappa shape index (κ2) is 7.61. The van der Waals surface area contributed by atoms with Gasteiger partial charge in [-0.2, -0.15) is 0 Å². The van der Waals surface area contributed by atoms with E-state index in [0.29, 0.717) is 0 Å². The highest BCUT2D eigenvalue weighted by Crippen LogP contribution is 2.24. The Kier molecular flexibility index (Phi) is 5.55. The molecular weight excluding hydrogens is 334 g/mol. The molecule has 124 valence electrons. The molecule has 0 aliphatic carbocycles. The van der Waals surface area contributed by atoms with E-state index in [4.69, 9.17) is 16.3 Å². The molecule has 0 aliphatic rings. The quantitative estimate of drug-likeness (QED) is 0.492. The first-order valence-electron chi connectivity index (χ1n) is 6.94. The lowest BCUT2D eigenvalue weighted by atomic mass is 10.1. The van der Waals surface area contributed by atoms with Crippen LogP contribution < -0.4 is 5.32 Å². The molecule has 0 saturated heterocycles. The minimum atomic E-state index is -0.713. The van der Waals surface area contributed by atoms with E-state index in [1.54, 1.807) is 18.2 Å². The van der Waals surface area contributed by atoms with Crippen LogP contribution in [0.4, 0.5) is 5.69 Å². The van der Waals surface area contributed by atoms with Gasteiger partial charge in [0.25, 0.3) is 0 Å². The number of phenolic OH excluding ortho intramolecular Hbond substituents is 1. The lowest BCUT2D eigenvalue weighted by Gasteiger charge is -2.08. The Morgan fingerprint density at radius 1 is 1.17 bits per heavy atom. The lowest BCUT2D eigenvalue weighted by molar-refractivity contribution is -0.114. The number of carbonyl (C=O) groups excluding carboxylic acids is 3. The summed E-state index contributed by atoms with van der Waals surface area (Å²) in [4.78, 5) is 35.1. The largest absolute Gasteiger partial charge is 0.506 e. The van der Waals surface area contributed by atoms with Crippen LogP contribution in [-0.2, 0) is 9.53 Å². The van der Waals surface area contributed by atoms with Crippen molar-refractivity contribution < 1.29 is 24.2 Å². The number of rotatable bonds is 5. The number of phenols is 1. The van der Waals surface area contributed by atoms with Gasteiger partial charge in [0.2, 0.25) is 5.91 Å². The van der Waals surface area contributed by atoms with E-state index in [1.807, 2.05) is 0 Å². The molecule has 2 aromatic rings. The van der Waals surface area contributed by atoms with Crippen LogP contribution in [0.2, 0.25) is 5.02 Å². The molecule has 0 unspecified atom stereocenters. The zero-order valence-electron chi connectivity index (χ0n) is 12.7. The van der Waals surface area contributed by atoms with Crippen LogP contribution in [0, 0.1) is 0 Å². The Morgan fingerprint density at radius 2 is 1.88 bits per heavy atom. The Hall–Kier alpha value is -2.86. The molecule has 6 nitrogen and oxygen atoms in total. The number of amides is 1. The van der Waals surface area contributed by atoms with Crippen LogP contribution in [0.25, 0.3) is 0 Å². The fraction of sp³-hybridized carbons (Fsp3) is 0.118. The van der Waals surface area contributed by atoms with Gasteiger partial charge in [0.15, 0.2) is 12.4 Å². The van der Waals surface area contributed by atoms with Gasteiger partial charge in [-0.25, -0.2) is 4.79 Å². The number of esters is 1. The van der Waals surface area contributed by atoms with Gasteiger partial charge in [-0.05, 0) is 30.3 Å². The number of hydrogen-bond donors (Lipinski definition) is 2. The summed E-state index contributed by atoms with van der Waals surface area (Å²) in [5.74, 6) is -1.76. The SMILES string of the molecule is CC(=O)Nc1cc(C(=O)COC(=O)c2ccccc2Cl)ccc1O. The lowest BCUT2D eigenvalue weighted by Crippen LogP contribution is -2.15. The number of nitrogens with one attached hydrogen (secondary N) is 1. The van der Waals surface area contributed by atoms with Crippen molar-refractivity contribution in [3.63, 3.8) is 0 Å². The molecule has 0 fully saturated rings. The van der Waals surface area contributed by atoms with Gasteiger partial charge in [0.05, 0.1) is 16.3 Å². The number of anilines is 1.